The normalized spacial score (nSPS) is 12.5. The molecule has 95 heavy (non-hydrogen) atoms. The highest BCUT2D eigenvalue weighted by atomic mass is 15.1. The van der Waals surface area contributed by atoms with Gasteiger partial charge in [0.05, 0.1) is 16.6 Å². The Balaban J connectivity index is 0.968. The molecule has 2 aliphatic heterocycles. The van der Waals surface area contributed by atoms with E-state index in [2.05, 4.69) is 278 Å². The Hall–Kier alpha value is -10.9. The van der Waals surface area contributed by atoms with E-state index in [1.165, 1.54) is 186 Å². The molecule has 0 amide bonds. The maximum atomic E-state index is 5.71. The third-order valence-corrected chi connectivity index (χ3v) is 21.2. The zero-order valence-corrected chi connectivity index (χ0v) is 53.6. The van der Waals surface area contributed by atoms with Crippen LogP contribution < -0.4 is 16.4 Å². The SMILES string of the molecule is CCCCCCc1cccc(-c2nc(-c3cccc(CCCCCC)c3)nc(-c3cc4c5c(c3)-n3c6ccc7ccccc7c6c6c7ccccc7cc(c63)B5c3cc(-c5ccccc5-c5ccccc5)cc5c6c7c8ccccc8c8ccccc8c7ccc6n-4c35)n2)c1. The summed E-state index contributed by atoms with van der Waals surface area (Å²) in [6.07, 6.45) is 11.7. The lowest BCUT2D eigenvalue weighted by Crippen LogP contribution is -2.59. The molecule has 3 aromatic heterocycles. The number of aryl methyl sites for hydroxylation is 2. The zero-order chi connectivity index (χ0) is 62.8. The van der Waals surface area contributed by atoms with E-state index in [1.54, 1.807) is 0 Å². The molecule has 0 aliphatic carbocycles. The lowest BCUT2D eigenvalue weighted by atomic mass is 9.34. The minimum Gasteiger partial charge on any atom is -0.310 e. The molecule has 14 aromatic carbocycles. The van der Waals surface area contributed by atoms with Crippen molar-refractivity contribution >= 4 is 121 Å². The van der Waals surface area contributed by atoms with Gasteiger partial charge in [0.1, 0.15) is 0 Å². The molecule has 0 spiro atoms. The van der Waals surface area contributed by atoms with Crippen LogP contribution in [0, 0.1) is 0 Å². The van der Waals surface area contributed by atoms with E-state index in [0.29, 0.717) is 17.5 Å². The van der Waals surface area contributed by atoms with Crippen LogP contribution in [0.2, 0.25) is 0 Å². The fraction of sp³-hybridized carbons (Fsp3) is 0.135. The predicted octanol–water partition coefficient (Wildman–Crippen LogP) is 21.6. The van der Waals surface area contributed by atoms with Gasteiger partial charge in [-0.15, -0.1) is 0 Å². The van der Waals surface area contributed by atoms with Gasteiger partial charge in [-0.2, -0.15) is 0 Å². The maximum Gasteiger partial charge on any atom is 0.252 e. The van der Waals surface area contributed by atoms with E-state index in [1.807, 2.05) is 0 Å². The van der Waals surface area contributed by atoms with Crippen molar-refractivity contribution in [3.63, 3.8) is 0 Å². The first-order chi connectivity index (χ1) is 47.1. The number of aromatic nitrogens is 5. The summed E-state index contributed by atoms with van der Waals surface area (Å²) in [4.78, 5) is 16.9. The van der Waals surface area contributed by atoms with E-state index in [9.17, 15) is 0 Å². The maximum absolute atomic E-state index is 5.71. The smallest absolute Gasteiger partial charge is 0.252 e. The molecular formula is C89H68BN5. The van der Waals surface area contributed by atoms with Crippen molar-refractivity contribution in [2.24, 2.45) is 0 Å². The van der Waals surface area contributed by atoms with Crippen molar-refractivity contribution in [3.8, 4) is 67.8 Å². The second-order valence-electron chi connectivity index (χ2n) is 26.8. The fourth-order valence-electron chi connectivity index (χ4n) is 16.9. The monoisotopic (exact) mass is 1220 g/mol. The molecule has 5 heterocycles. The molecule has 5 nitrogen and oxygen atoms in total. The predicted molar refractivity (Wildman–Crippen MR) is 404 cm³/mol. The summed E-state index contributed by atoms with van der Waals surface area (Å²) >= 11 is 0. The zero-order valence-electron chi connectivity index (χ0n) is 53.6. The van der Waals surface area contributed by atoms with Crippen molar-refractivity contribution < 1.29 is 0 Å². The first-order valence-corrected chi connectivity index (χ1v) is 34.6. The van der Waals surface area contributed by atoms with Crippen LogP contribution in [0.15, 0.2) is 255 Å². The quantitative estimate of drug-likeness (QED) is 0.0584. The molecular weight excluding hydrogens is 1150 g/mol. The molecule has 0 radical (unpaired) electrons. The Kier molecular flexibility index (Phi) is 13.1. The van der Waals surface area contributed by atoms with Gasteiger partial charge in [-0.1, -0.05) is 265 Å². The summed E-state index contributed by atoms with van der Waals surface area (Å²) in [6.45, 7) is 4.39. The average molecular weight is 1220 g/mol. The highest BCUT2D eigenvalue weighted by molar-refractivity contribution is 7.00. The number of benzene rings is 14. The first kappa shape index (κ1) is 55.7. The van der Waals surface area contributed by atoms with Gasteiger partial charge >= 0.3 is 0 Å². The van der Waals surface area contributed by atoms with Gasteiger partial charge in [0.2, 0.25) is 0 Å². The lowest BCUT2D eigenvalue weighted by molar-refractivity contribution is 0.667. The van der Waals surface area contributed by atoms with E-state index in [-0.39, 0.29) is 6.71 Å². The average Bonchev–Trinajstić information content (AvgIpc) is 1.54. The van der Waals surface area contributed by atoms with Crippen LogP contribution in [0.25, 0.3) is 165 Å². The molecule has 6 heteroatoms. The first-order valence-electron chi connectivity index (χ1n) is 34.6. The molecule has 0 saturated heterocycles. The molecule has 0 saturated carbocycles. The van der Waals surface area contributed by atoms with Crippen LogP contribution >= 0.6 is 0 Å². The van der Waals surface area contributed by atoms with Crippen molar-refractivity contribution in [3.05, 3.63) is 266 Å². The van der Waals surface area contributed by atoms with Crippen LogP contribution in [0.4, 0.5) is 0 Å². The van der Waals surface area contributed by atoms with E-state index >= 15 is 0 Å². The molecule has 0 bridgehead atoms. The second-order valence-corrected chi connectivity index (χ2v) is 26.8. The summed E-state index contributed by atoms with van der Waals surface area (Å²) in [6, 6.07) is 96.4. The fourth-order valence-corrected chi connectivity index (χ4v) is 16.9. The molecule has 19 rings (SSSR count). The number of nitrogens with zero attached hydrogens (tertiary/aromatic N) is 5. The van der Waals surface area contributed by atoms with Crippen molar-refractivity contribution in [2.75, 3.05) is 0 Å². The standard InChI is InChI=1S/C89H68BN5/c1-3-5-7-10-26-55-28-24-34-60(48-55)87-91-88(61-35-25-29-56(49-61)27-11-8-6-4-2)93-89(92-87)63-53-78-84-79(54-63)95-76-46-44-58-32-14-16-38-66(58)81(76)83-67-39-17-15-33-59(67)51-75(86(83)95)90(84)74-52-62(65-37-19-18-36-64(65)57-30-12-9-13-31-57)50-73-82-77(94(78)85(73)74)47-45-72-70-42-21-20-40-68(70)69-41-22-23-43-71(69)80(72)82/h9,12-25,28-54H,3-8,10-11,26-27H2,1-2H3. The third-order valence-electron chi connectivity index (χ3n) is 21.2. The molecule has 2 aliphatic rings. The van der Waals surface area contributed by atoms with Gasteiger partial charge in [-0.3, -0.25) is 0 Å². The van der Waals surface area contributed by atoms with Crippen LogP contribution in [0.5, 0.6) is 0 Å². The second kappa shape index (κ2) is 22.4. The molecule has 17 aromatic rings. The van der Waals surface area contributed by atoms with Crippen molar-refractivity contribution in [1.82, 2.24) is 24.1 Å². The van der Waals surface area contributed by atoms with Gasteiger partial charge in [0, 0.05) is 60.5 Å². The Labute approximate surface area is 553 Å². The largest absolute Gasteiger partial charge is 0.310 e. The number of hydrogen-bond donors (Lipinski definition) is 0. The van der Waals surface area contributed by atoms with Gasteiger partial charge < -0.3 is 9.13 Å². The van der Waals surface area contributed by atoms with Crippen LogP contribution in [-0.2, 0) is 12.8 Å². The van der Waals surface area contributed by atoms with E-state index < -0.39 is 0 Å². The summed E-state index contributed by atoms with van der Waals surface area (Å²) in [5, 5.41) is 17.6. The Morgan fingerprint density at radius 3 is 1.43 bits per heavy atom. The highest BCUT2D eigenvalue weighted by Crippen LogP contribution is 2.49. The number of fused-ring (bicyclic) bond motifs is 21. The van der Waals surface area contributed by atoms with Gasteiger partial charge in [-0.05, 0) is 166 Å². The summed E-state index contributed by atoms with van der Waals surface area (Å²) < 4.78 is 5.30. The number of rotatable bonds is 15. The minimum atomic E-state index is -0.180. The van der Waals surface area contributed by atoms with Crippen LogP contribution in [0.3, 0.4) is 0 Å². The van der Waals surface area contributed by atoms with Crippen molar-refractivity contribution in [2.45, 2.75) is 78.1 Å². The third kappa shape index (κ3) is 8.73. The van der Waals surface area contributed by atoms with Crippen LogP contribution in [-0.4, -0.2) is 30.8 Å². The topological polar surface area (TPSA) is 48.5 Å². The van der Waals surface area contributed by atoms with E-state index in [4.69, 9.17) is 15.0 Å². The Morgan fingerprint density at radius 1 is 0.305 bits per heavy atom. The Morgan fingerprint density at radius 2 is 0.789 bits per heavy atom. The lowest BCUT2D eigenvalue weighted by Gasteiger charge is -2.34. The Bertz CT molecular complexity index is 5920. The van der Waals surface area contributed by atoms with Crippen molar-refractivity contribution in [1.29, 1.82) is 0 Å². The molecule has 0 fully saturated rings. The minimum absolute atomic E-state index is 0.180. The van der Waals surface area contributed by atoms with Crippen LogP contribution in [0.1, 0.15) is 76.3 Å². The number of hydrogen-bond acceptors (Lipinski definition) is 3. The molecule has 0 atom stereocenters. The molecule has 452 valence electrons. The number of unbranched alkanes of at least 4 members (excludes halogenated alkanes) is 6. The van der Waals surface area contributed by atoms with Gasteiger partial charge in [0.15, 0.2) is 17.5 Å². The summed E-state index contributed by atoms with van der Waals surface area (Å²) in [7, 11) is 0. The van der Waals surface area contributed by atoms with Gasteiger partial charge in [-0.25, -0.2) is 15.0 Å². The van der Waals surface area contributed by atoms with E-state index in [0.717, 1.165) is 53.7 Å². The summed E-state index contributed by atoms with van der Waals surface area (Å²) in [5.41, 5.74) is 21.4. The molecule has 0 unspecified atom stereocenters. The highest BCUT2D eigenvalue weighted by Gasteiger charge is 2.43. The molecule has 0 N–H and O–H groups in total. The van der Waals surface area contributed by atoms with Gasteiger partial charge in [0.25, 0.3) is 6.71 Å². The summed E-state index contributed by atoms with van der Waals surface area (Å²) in [5.74, 6) is 2.02.